The maximum absolute atomic E-state index is 12.7. The third kappa shape index (κ3) is 2.76. The lowest BCUT2D eigenvalue weighted by Crippen LogP contribution is -2.07. The van der Waals surface area contributed by atoms with Gasteiger partial charge < -0.3 is 4.57 Å². The number of Topliss-reactive ketones (excluding diaryl/α,β-unsaturated/α-hetero) is 1. The number of carbonyl (C=O) groups is 1. The smallest absolute Gasteiger partial charge is 0.165 e. The molecule has 0 saturated carbocycles. The van der Waals surface area contributed by atoms with Gasteiger partial charge in [-0.25, -0.2) is 0 Å². The first-order chi connectivity index (χ1) is 11.6. The molecule has 0 spiro atoms. The second kappa shape index (κ2) is 6.82. The van der Waals surface area contributed by atoms with Crippen LogP contribution >= 0.6 is 11.6 Å². The third-order valence-electron chi connectivity index (χ3n) is 4.63. The lowest BCUT2D eigenvalue weighted by molar-refractivity contribution is 0.0988. The fraction of sp³-hybridized carbons (Fsp3) is 0.286. The van der Waals surface area contributed by atoms with Gasteiger partial charge in [-0.15, -0.1) is 0 Å². The SMILES string of the molecule is CCC(=O)c1c(CC)n(Cc2ccccc2Cl)c2cccc(C)c12. The number of benzene rings is 2. The van der Waals surface area contributed by atoms with Crippen LogP contribution < -0.4 is 0 Å². The fourth-order valence-electron chi connectivity index (χ4n) is 3.45. The average Bonchev–Trinajstić information content (AvgIpc) is 2.91. The van der Waals surface area contributed by atoms with Crippen molar-refractivity contribution >= 4 is 28.3 Å². The molecular weight excluding hydrogens is 318 g/mol. The summed E-state index contributed by atoms with van der Waals surface area (Å²) in [5.41, 5.74) is 5.33. The minimum Gasteiger partial charge on any atom is -0.339 e. The summed E-state index contributed by atoms with van der Waals surface area (Å²) in [5.74, 6) is 0.212. The van der Waals surface area contributed by atoms with Crippen molar-refractivity contribution in [3.8, 4) is 0 Å². The van der Waals surface area contributed by atoms with Gasteiger partial charge in [0.2, 0.25) is 0 Å². The zero-order chi connectivity index (χ0) is 17.3. The molecule has 24 heavy (non-hydrogen) atoms. The van der Waals surface area contributed by atoms with Crippen molar-refractivity contribution in [3.63, 3.8) is 0 Å². The van der Waals surface area contributed by atoms with Crippen LogP contribution in [0.5, 0.6) is 0 Å². The van der Waals surface area contributed by atoms with Crippen molar-refractivity contribution < 1.29 is 4.79 Å². The molecule has 3 rings (SSSR count). The van der Waals surface area contributed by atoms with Crippen LogP contribution in [0.15, 0.2) is 42.5 Å². The van der Waals surface area contributed by atoms with Crippen LogP contribution in [0.2, 0.25) is 5.02 Å². The van der Waals surface area contributed by atoms with E-state index in [1.54, 1.807) is 0 Å². The topological polar surface area (TPSA) is 22.0 Å². The normalized spacial score (nSPS) is 11.2. The highest BCUT2D eigenvalue weighted by Crippen LogP contribution is 2.32. The Hall–Kier alpha value is -2.06. The minimum atomic E-state index is 0.212. The van der Waals surface area contributed by atoms with Gasteiger partial charge in [-0.2, -0.15) is 0 Å². The molecule has 0 amide bonds. The number of hydrogen-bond donors (Lipinski definition) is 0. The van der Waals surface area contributed by atoms with Crippen LogP contribution in [-0.4, -0.2) is 10.4 Å². The summed E-state index contributed by atoms with van der Waals surface area (Å²) in [4.78, 5) is 12.7. The summed E-state index contributed by atoms with van der Waals surface area (Å²) in [6.07, 6.45) is 1.34. The monoisotopic (exact) mass is 339 g/mol. The Morgan fingerprint density at radius 3 is 2.50 bits per heavy atom. The van der Waals surface area contributed by atoms with Gasteiger partial charge in [-0.3, -0.25) is 4.79 Å². The van der Waals surface area contributed by atoms with Crippen LogP contribution in [0.25, 0.3) is 10.9 Å². The summed E-state index contributed by atoms with van der Waals surface area (Å²) >= 11 is 6.37. The Morgan fingerprint density at radius 1 is 1.08 bits per heavy atom. The second-order valence-electron chi connectivity index (χ2n) is 6.10. The highest BCUT2D eigenvalue weighted by atomic mass is 35.5. The Bertz CT molecular complexity index is 908. The Morgan fingerprint density at radius 2 is 1.83 bits per heavy atom. The van der Waals surface area contributed by atoms with Gasteiger partial charge in [0, 0.05) is 40.1 Å². The molecule has 0 bridgehead atoms. The number of rotatable bonds is 5. The number of carbonyl (C=O) groups excluding carboxylic acids is 1. The molecule has 124 valence electrons. The molecule has 0 aliphatic rings. The minimum absolute atomic E-state index is 0.212. The maximum Gasteiger partial charge on any atom is 0.165 e. The first kappa shape index (κ1) is 16.8. The summed E-state index contributed by atoms with van der Waals surface area (Å²) in [5, 5.41) is 1.85. The molecule has 0 unspecified atom stereocenters. The number of fused-ring (bicyclic) bond motifs is 1. The van der Waals surface area contributed by atoms with Gasteiger partial charge in [0.1, 0.15) is 0 Å². The molecule has 0 saturated heterocycles. The van der Waals surface area contributed by atoms with Crippen molar-refractivity contribution in [2.75, 3.05) is 0 Å². The number of ketones is 1. The molecule has 0 atom stereocenters. The van der Waals surface area contributed by atoms with Crippen molar-refractivity contribution in [1.29, 1.82) is 0 Å². The van der Waals surface area contributed by atoms with E-state index in [2.05, 4.69) is 36.6 Å². The largest absolute Gasteiger partial charge is 0.339 e. The Balaban J connectivity index is 2.29. The van der Waals surface area contributed by atoms with E-state index in [1.807, 2.05) is 31.2 Å². The maximum atomic E-state index is 12.7. The van der Waals surface area contributed by atoms with E-state index in [0.717, 1.165) is 44.7 Å². The summed E-state index contributed by atoms with van der Waals surface area (Å²) in [7, 11) is 0. The van der Waals surface area contributed by atoms with E-state index in [0.29, 0.717) is 13.0 Å². The van der Waals surface area contributed by atoms with Crippen LogP contribution in [0, 0.1) is 6.92 Å². The molecule has 3 heteroatoms. The van der Waals surface area contributed by atoms with Gasteiger partial charge >= 0.3 is 0 Å². The van der Waals surface area contributed by atoms with Crippen LogP contribution in [0.1, 0.15) is 47.4 Å². The van der Waals surface area contributed by atoms with E-state index < -0.39 is 0 Å². The highest BCUT2D eigenvalue weighted by Gasteiger charge is 2.22. The van der Waals surface area contributed by atoms with Gasteiger partial charge in [0.05, 0.1) is 0 Å². The lowest BCUT2D eigenvalue weighted by Gasteiger charge is -2.12. The predicted molar refractivity (Wildman–Crippen MR) is 101 cm³/mol. The summed E-state index contributed by atoms with van der Waals surface area (Å²) in [6, 6.07) is 14.1. The average molecular weight is 340 g/mol. The van der Waals surface area contributed by atoms with Crippen molar-refractivity contribution in [2.24, 2.45) is 0 Å². The second-order valence-corrected chi connectivity index (χ2v) is 6.51. The molecule has 0 fully saturated rings. The Kier molecular flexibility index (Phi) is 4.77. The molecule has 3 aromatic rings. The molecular formula is C21H22ClNO. The molecule has 0 N–H and O–H groups in total. The van der Waals surface area contributed by atoms with Crippen molar-refractivity contribution in [3.05, 3.63) is 69.9 Å². The fourth-order valence-corrected chi connectivity index (χ4v) is 3.64. The molecule has 0 aliphatic heterocycles. The van der Waals surface area contributed by atoms with E-state index >= 15 is 0 Å². The Labute approximate surface area is 148 Å². The number of aromatic nitrogens is 1. The quantitative estimate of drug-likeness (QED) is 0.538. The van der Waals surface area contributed by atoms with E-state index in [1.165, 1.54) is 0 Å². The van der Waals surface area contributed by atoms with E-state index in [-0.39, 0.29) is 5.78 Å². The molecule has 2 nitrogen and oxygen atoms in total. The molecule has 2 aromatic carbocycles. The van der Waals surface area contributed by atoms with Crippen LogP contribution in [0.3, 0.4) is 0 Å². The number of nitrogens with zero attached hydrogens (tertiary/aromatic N) is 1. The van der Waals surface area contributed by atoms with Crippen molar-refractivity contribution in [2.45, 2.75) is 40.2 Å². The van der Waals surface area contributed by atoms with Crippen LogP contribution in [-0.2, 0) is 13.0 Å². The zero-order valence-corrected chi connectivity index (χ0v) is 15.2. The van der Waals surface area contributed by atoms with Gasteiger partial charge in [-0.1, -0.05) is 55.8 Å². The number of halogens is 1. The predicted octanol–water partition coefficient (Wildman–Crippen LogP) is 5.81. The molecule has 1 aromatic heterocycles. The highest BCUT2D eigenvalue weighted by molar-refractivity contribution is 6.31. The van der Waals surface area contributed by atoms with Gasteiger partial charge in [-0.05, 0) is 36.6 Å². The lowest BCUT2D eigenvalue weighted by atomic mass is 10.0. The summed E-state index contributed by atoms with van der Waals surface area (Å²) < 4.78 is 2.26. The standard InChI is InChI=1S/C21H22ClNO/c1-4-17-21(19(24)5-2)20-14(3)9-8-12-18(20)23(17)13-15-10-6-7-11-16(15)22/h6-12H,4-5,13H2,1-3H3. The zero-order valence-electron chi connectivity index (χ0n) is 14.4. The molecule has 0 radical (unpaired) electrons. The summed E-state index contributed by atoms with van der Waals surface area (Å²) in [6.45, 7) is 6.80. The molecule has 1 heterocycles. The van der Waals surface area contributed by atoms with E-state index in [4.69, 9.17) is 11.6 Å². The first-order valence-corrected chi connectivity index (χ1v) is 8.83. The van der Waals surface area contributed by atoms with Gasteiger partial charge in [0.25, 0.3) is 0 Å². The van der Waals surface area contributed by atoms with Crippen LogP contribution in [0.4, 0.5) is 0 Å². The third-order valence-corrected chi connectivity index (χ3v) is 5.00. The number of aryl methyl sites for hydroxylation is 1. The molecule has 0 aliphatic carbocycles. The first-order valence-electron chi connectivity index (χ1n) is 8.45. The van der Waals surface area contributed by atoms with E-state index in [9.17, 15) is 4.79 Å². The number of hydrogen-bond acceptors (Lipinski definition) is 1. The van der Waals surface area contributed by atoms with Gasteiger partial charge in [0.15, 0.2) is 5.78 Å². The van der Waals surface area contributed by atoms with Crippen molar-refractivity contribution in [1.82, 2.24) is 4.57 Å².